The monoisotopic (exact) mass is 294 g/mol. The summed E-state index contributed by atoms with van der Waals surface area (Å²) in [5.41, 5.74) is 0.231. The zero-order valence-electron chi connectivity index (χ0n) is 11.5. The Morgan fingerprint density at radius 3 is 2.29 bits per heavy atom. The van der Waals surface area contributed by atoms with Crippen molar-refractivity contribution >= 4 is 0 Å². The molecule has 0 radical (unpaired) electrons. The highest BCUT2D eigenvalue weighted by Gasteiger charge is 2.38. The molecular weight excluding hydrogens is 280 g/mol. The van der Waals surface area contributed by atoms with Crippen LogP contribution in [0.25, 0.3) is 11.1 Å². The number of aryl methyl sites for hydroxylation is 1. The average Bonchev–Trinajstić information content (AvgIpc) is 2.47. The van der Waals surface area contributed by atoms with E-state index in [9.17, 15) is 17.6 Å². The van der Waals surface area contributed by atoms with Crippen LogP contribution in [-0.4, -0.2) is 0 Å². The first-order chi connectivity index (χ1) is 10.1. The van der Waals surface area contributed by atoms with Crippen molar-refractivity contribution in [1.82, 2.24) is 0 Å². The van der Waals surface area contributed by atoms with Crippen molar-refractivity contribution in [2.75, 3.05) is 0 Å². The third-order valence-corrected chi connectivity index (χ3v) is 3.93. The molecule has 1 aliphatic rings. The van der Waals surface area contributed by atoms with Gasteiger partial charge in [0.1, 0.15) is 11.6 Å². The van der Waals surface area contributed by atoms with E-state index in [2.05, 4.69) is 0 Å². The molecule has 110 valence electrons. The third kappa shape index (κ3) is 2.04. The minimum absolute atomic E-state index is 0.230. The van der Waals surface area contributed by atoms with Gasteiger partial charge in [-0.25, -0.2) is 17.6 Å². The van der Waals surface area contributed by atoms with Crippen LogP contribution in [0, 0.1) is 11.6 Å². The molecule has 0 heterocycles. The summed E-state index contributed by atoms with van der Waals surface area (Å²) in [7, 11) is 0. The highest BCUT2D eigenvalue weighted by molar-refractivity contribution is 5.75. The summed E-state index contributed by atoms with van der Waals surface area (Å²) in [4.78, 5) is 0. The van der Waals surface area contributed by atoms with Crippen LogP contribution in [0.2, 0.25) is 0 Å². The van der Waals surface area contributed by atoms with Crippen LogP contribution in [0.3, 0.4) is 0 Å². The minimum Gasteiger partial charge on any atom is -0.239 e. The fraction of sp³-hybridized carbons (Fsp3) is 0.294. The van der Waals surface area contributed by atoms with Crippen molar-refractivity contribution in [3.8, 4) is 11.1 Å². The van der Waals surface area contributed by atoms with Gasteiger partial charge >= 0.3 is 0 Å². The number of hydrogen-bond acceptors (Lipinski definition) is 0. The summed E-state index contributed by atoms with van der Waals surface area (Å²) < 4.78 is 56.8. The van der Waals surface area contributed by atoms with Crippen molar-refractivity contribution in [3.05, 3.63) is 58.7 Å². The number of benzene rings is 2. The van der Waals surface area contributed by atoms with E-state index in [1.165, 1.54) is 12.1 Å². The van der Waals surface area contributed by atoms with Crippen LogP contribution in [0.4, 0.5) is 17.6 Å². The summed E-state index contributed by atoms with van der Waals surface area (Å²) in [5, 5.41) is 0. The zero-order valence-corrected chi connectivity index (χ0v) is 11.5. The van der Waals surface area contributed by atoms with Gasteiger partial charge in [-0.2, -0.15) is 0 Å². The summed E-state index contributed by atoms with van der Waals surface area (Å²) in [6, 6.07) is 7.12. The van der Waals surface area contributed by atoms with E-state index in [4.69, 9.17) is 0 Å². The van der Waals surface area contributed by atoms with Gasteiger partial charge in [0.15, 0.2) is 12.3 Å². The lowest BCUT2D eigenvalue weighted by atomic mass is 9.81. The number of rotatable bonds is 2. The van der Waals surface area contributed by atoms with Gasteiger partial charge in [-0.1, -0.05) is 37.6 Å². The van der Waals surface area contributed by atoms with E-state index in [1.807, 2.05) is 6.92 Å². The van der Waals surface area contributed by atoms with E-state index in [0.29, 0.717) is 18.4 Å². The van der Waals surface area contributed by atoms with Crippen LogP contribution in [0.1, 0.15) is 42.4 Å². The molecule has 0 saturated heterocycles. The second-order valence-electron chi connectivity index (χ2n) is 5.25. The Labute approximate surface area is 120 Å². The van der Waals surface area contributed by atoms with E-state index in [-0.39, 0.29) is 22.3 Å². The summed E-state index contributed by atoms with van der Waals surface area (Å²) in [5.74, 6) is -1.51. The molecule has 21 heavy (non-hydrogen) atoms. The van der Waals surface area contributed by atoms with Gasteiger partial charge in [0.2, 0.25) is 0 Å². The smallest absolute Gasteiger partial charge is 0.164 e. The average molecular weight is 294 g/mol. The van der Waals surface area contributed by atoms with E-state index in [0.717, 1.165) is 6.07 Å². The van der Waals surface area contributed by atoms with Gasteiger partial charge in [-0.15, -0.1) is 0 Å². The molecule has 0 saturated carbocycles. The molecule has 2 unspecified atom stereocenters. The van der Waals surface area contributed by atoms with Gasteiger partial charge in [0.25, 0.3) is 0 Å². The third-order valence-electron chi connectivity index (χ3n) is 3.93. The largest absolute Gasteiger partial charge is 0.239 e. The first-order valence-corrected chi connectivity index (χ1v) is 6.94. The normalized spacial score (nSPS) is 20.0. The van der Waals surface area contributed by atoms with Crippen molar-refractivity contribution in [2.45, 2.75) is 32.1 Å². The summed E-state index contributed by atoms with van der Waals surface area (Å²) in [6.45, 7) is 1.88. The highest BCUT2D eigenvalue weighted by atomic mass is 19.2. The fourth-order valence-corrected chi connectivity index (χ4v) is 2.95. The Morgan fingerprint density at radius 1 is 0.905 bits per heavy atom. The fourth-order valence-electron chi connectivity index (χ4n) is 2.95. The Kier molecular flexibility index (Phi) is 3.47. The summed E-state index contributed by atoms with van der Waals surface area (Å²) in [6.07, 6.45) is -3.20. The SMILES string of the molecule is CCCc1ccc2c(c1F)C(F)C(F)c1c(F)cccc1-2. The molecule has 3 rings (SSSR count). The minimum atomic E-state index is -2.18. The molecule has 0 N–H and O–H groups in total. The molecule has 0 nitrogen and oxygen atoms in total. The summed E-state index contributed by atoms with van der Waals surface area (Å²) >= 11 is 0. The molecular formula is C17H14F4. The van der Waals surface area contributed by atoms with E-state index >= 15 is 0 Å². The Hall–Kier alpha value is -1.84. The van der Waals surface area contributed by atoms with Gasteiger partial charge < -0.3 is 0 Å². The van der Waals surface area contributed by atoms with Crippen LogP contribution in [-0.2, 0) is 6.42 Å². The molecule has 1 aliphatic carbocycles. The number of fused-ring (bicyclic) bond motifs is 3. The van der Waals surface area contributed by atoms with E-state index in [1.54, 1.807) is 12.1 Å². The lowest BCUT2D eigenvalue weighted by Crippen LogP contribution is -2.16. The second-order valence-corrected chi connectivity index (χ2v) is 5.25. The van der Waals surface area contributed by atoms with Gasteiger partial charge in [-0.05, 0) is 29.2 Å². The number of hydrogen-bond donors (Lipinski definition) is 0. The predicted molar refractivity (Wildman–Crippen MR) is 73.5 cm³/mol. The predicted octanol–water partition coefficient (Wildman–Crippen LogP) is 5.62. The molecule has 2 atom stereocenters. The Morgan fingerprint density at radius 2 is 1.57 bits per heavy atom. The molecule has 2 aromatic rings. The van der Waals surface area contributed by atoms with Crippen molar-refractivity contribution < 1.29 is 17.6 Å². The molecule has 0 amide bonds. The number of alkyl halides is 2. The molecule has 0 bridgehead atoms. The zero-order chi connectivity index (χ0) is 15.1. The molecule has 0 spiro atoms. The Balaban J connectivity index is 2.29. The lowest BCUT2D eigenvalue weighted by molar-refractivity contribution is 0.160. The quantitative estimate of drug-likeness (QED) is 0.631. The standard InChI is InChI=1S/C17H14F4/c1-2-4-9-7-8-11-10-5-3-6-12(18)13(10)16(20)17(21)14(11)15(9)19/h3,5-8,16-17H,2,4H2,1H3. The first kappa shape index (κ1) is 14.1. The van der Waals surface area contributed by atoms with Crippen molar-refractivity contribution in [2.24, 2.45) is 0 Å². The molecule has 0 fully saturated rings. The van der Waals surface area contributed by atoms with Gasteiger partial charge in [-0.3, -0.25) is 0 Å². The van der Waals surface area contributed by atoms with E-state index < -0.39 is 24.0 Å². The maximum Gasteiger partial charge on any atom is 0.164 e. The highest BCUT2D eigenvalue weighted by Crippen LogP contribution is 2.50. The molecule has 0 aromatic heterocycles. The van der Waals surface area contributed by atoms with Crippen molar-refractivity contribution in [1.29, 1.82) is 0 Å². The van der Waals surface area contributed by atoms with Gasteiger partial charge in [0.05, 0.1) is 0 Å². The maximum atomic E-state index is 14.5. The van der Waals surface area contributed by atoms with Crippen LogP contribution >= 0.6 is 0 Å². The first-order valence-electron chi connectivity index (χ1n) is 6.94. The van der Waals surface area contributed by atoms with Crippen LogP contribution < -0.4 is 0 Å². The molecule has 4 heteroatoms. The van der Waals surface area contributed by atoms with Crippen molar-refractivity contribution in [3.63, 3.8) is 0 Å². The maximum absolute atomic E-state index is 14.5. The van der Waals surface area contributed by atoms with Crippen LogP contribution in [0.15, 0.2) is 30.3 Å². The molecule has 0 aliphatic heterocycles. The van der Waals surface area contributed by atoms with Crippen LogP contribution in [0.5, 0.6) is 0 Å². The topological polar surface area (TPSA) is 0 Å². The number of halogens is 4. The molecule has 2 aromatic carbocycles. The second kappa shape index (κ2) is 5.17. The van der Waals surface area contributed by atoms with Gasteiger partial charge in [0, 0.05) is 11.1 Å². The lowest BCUT2D eigenvalue weighted by Gasteiger charge is -2.27. The Bertz CT molecular complexity index is 693.